The van der Waals surface area contributed by atoms with E-state index in [0.717, 1.165) is 93.7 Å². The molecular weight excluding hydrogens is 1240 g/mol. The molecule has 3 aromatic carbocycles. The highest BCUT2D eigenvalue weighted by molar-refractivity contribution is 5.95. The number of nitrogens with zero attached hydrogens (tertiary/aromatic N) is 1. The second kappa shape index (κ2) is 27.0. The Morgan fingerprint density at radius 3 is 0.948 bits per heavy atom. The van der Waals surface area contributed by atoms with Crippen molar-refractivity contribution in [1.82, 2.24) is 20.9 Å². The van der Waals surface area contributed by atoms with E-state index in [2.05, 4.69) is 62.4 Å². The van der Waals surface area contributed by atoms with Crippen LogP contribution in [0.1, 0.15) is 187 Å². The quantitative estimate of drug-likeness (QED) is 0.0842. The van der Waals surface area contributed by atoms with Gasteiger partial charge in [-0.05, 0) is 167 Å². The van der Waals surface area contributed by atoms with Gasteiger partial charge in [0.25, 0.3) is 17.7 Å². The van der Waals surface area contributed by atoms with Crippen LogP contribution < -0.4 is 16.0 Å². The minimum absolute atomic E-state index is 0.0376. The van der Waals surface area contributed by atoms with Gasteiger partial charge in [-0.25, -0.2) is 29.3 Å². The normalized spacial score (nSPS) is 42.9. The molecule has 18 rings (SSSR count). The average Bonchev–Trinajstić information content (AvgIpc) is 1.69. The van der Waals surface area contributed by atoms with E-state index < -0.39 is 71.9 Å². The first kappa shape index (κ1) is 68.2. The average molecular weight is 1350 g/mol. The summed E-state index contributed by atoms with van der Waals surface area (Å²) in [6.45, 7) is 22.4. The zero-order valence-corrected chi connectivity index (χ0v) is 58.0. The van der Waals surface area contributed by atoms with E-state index >= 15 is 0 Å². The number of hydrogen-bond donors (Lipinski definition) is 3. The molecule has 12 aliphatic heterocycles. The molecule has 3 aromatic rings. The summed E-state index contributed by atoms with van der Waals surface area (Å²) >= 11 is 0. The minimum Gasteiger partial charge on any atom is -0.351 e. The van der Waals surface area contributed by atoms with E-state index in [4.69, 9.17) is 72.0 Å². The number of carbonyl (C=O) groups excluding carboxylic acids is 3. The summed E-state index contributed by atoms with van der Waals surface area (Å²) in [6, 6.07) is 22.3. The highest BCUT2D eigenvalue weighted by Gasteiger charge is 2.73. The lowest BCUT2D eigenvalue weighted by Gasteiger charge is -2.60. The Balaban J connectivity index is 0.545. The molecular formula is C75H102N4O18. The number of fused-ring (bicyclic) bond motifs is 6. The molecule has 6 bridgehead atoms. The first-order chi connectivity index (χ1) is 46.7. The zero-order chi connectivity index (χ0) is 67.2. The molecule has 22 heteroatoms. The number of carbonyl (C=O) groups is 3. The van der Waals surface area contributed by atoms with Crippen LogP contribution >= 0.6 is 0 Å². The Hall–Kier alpha value is -4.57. The van der Waals surface area contributed by atoms with Gasteiger partial charge in [-0.15, -0.1) is 0 Å². The molecule has 3 N–H and O–H groups in total. The molecule has 3 spiro atoms. The largest absolute Gasteiger partial charge is 0.351 e. The summed E-state index contributed by atoms with van der Waals surface area (Å²) in [4.78, 5) is 80.2. The van der Waals surface area contributed by atoms with Gasteiger partial charge >= 0.3 is 0 Å². The highest BCUT2D eigenvalue weighted by Crippen LogP contribution is 2.64. The molecule has 3 aliphatic carbocycles. The van der Waals surface area contributed by atoms with Crippen molar-refractivity contribution in [2.24, 2.45) is 71.0 Å². The summed E-state index contributed by atoms with van der Waals surface area (Å²) in [7, 11) is 0. The summed E-state index contributed by atoms with van der Waals surface area (Å²) in [6.07, 6.45) is 8.04. The number of ether oxygens (including phenoxy) is 9. The molecule has 12 heterocycles. The van der Waals surface area contributed by atoms with Crippen molar-refractivity contribution >= 4 is 17.7 Å². The van der Waals surface area contributed by atoms with Crippen LogP contribution in [0.2, 0.25) is 0 Å². The SMILES string of the molecule is C[C@@H]1CCC2[C@@H](C)[C@@H](OCc3ccc(C(=O)NCCN(CCNC(=O)c4ccc(CO[C@H]5OC6O[C@@]7(C)CCC8[C@H](C)CCC([C@H]5C)[C@@]68OO7)cc4)CCNC(=O)c4ccc(CO[C@H]5OC6O[C@]7(C)CCC8[C@H](C)CCC([C@H]5C)[C@@]68OO7)cc4)cc3)OC3O[C@@]4(C)CCC1[C@]32OO4. The van der Waals surface area contributed by atoms with Crippen LogP contribution in [0.3, 0.4) is 0 Å². The second-order valence-electron chi connectivity index (χ2n) is 31.5. The number of hydrogen-bond acceptors (Lipinski definition) is 19. The van der Waals surface area contributed by atoms with Crippen molar-refractivity contribution in [3.05, 3.63) is 106 Å². The zero-order valence-electron chi connectivity index (χ0n) is 58.0. The van der Waals surface area contributed by atoms with Crippen molar-refractivity contribution in [3.8, 4) is 0 Å². The highest BCUT2D eigenvalue weighted by atomic mass is 17.3. The molecule has 97 heavy (non-hydrogen) atoms. The number of amides is 3. The molecule has 15 fully saturated rings. The maximum Gasteiger partial charge on any atom is 0.251 e. The third kappa shape index (κ3) is 12.5. The molecule has 9 unspecified atom stereocenters. The summed E-state index contributed by atoms with van der Waals surface area (Å²) in [5, 5.41) is 9.27. The van der Waals surface area contributed by atoms with Gasteiger partial charge in [0.2, 0.25) is 17.4 Å². The molecule has 24 atom stereocenters. The van der Waals surface area contributed by atoms with Gasteiger partial charge in [-0.1, -0.05) is 77.9 Å². The van der Waals surface area contributed by atoms with Crippen LogP contribution in [0.5, 0.6) is 0 Å². The number of nitrogens with one attached hydrogen (secondary N) is 3. The van der Waals surface area contributed by atoms with E-state index in [0.29, 0.717) is 93.5 Å². The summed E-state index contributed by atoms with van der Waals surface area (Å²) in [5.41, 5.74) is 2.25. The third-order valence-corrected chi connectivity index (χ3v) is 25.3. The maximum absolute atomic E-state index is 13.7. The predicted molar refractivity (Wildman–Crippen MR) is 348 cm³/mol. The third-order valence-electron chi connectivity index (χ3n) is 25.3. The molecule has 22 nitrogen and oxygen atoms in total. The summed E-state index contributed by atoms with van der Waals surface area (Å²) in [5.74, 6) is -0.517. The van der Waals surface area contributed by atoms with Crippen LogP contribution in [0.4, 0.5) is 0 Å². The van der Waals surface area contributed by atoms with Gasteiger partial charge in [0, 0.05) is 111 Å². The Bertz CT molecular complexity index is 2970. The lowest BCUT2D eigenvalue weighted by molar-refractivity contribution is -0.577. The number of rotatable bonds is 21. The van der Waals surface area contributed by atoms with E-state index in [1.54, 1.807) is 36.4 Å². The molecule has 0 radical (unpaired) electrons. The fourth-order valence-electron chi connectivity index (χ4n) is 19.6. The van der Waals surface area contributed by atoms with Crippen molar-refractivity contribution in [2.75, 3.05) is 39.3 Å². The predicted octanol–water partition coefficient (Wildman–Crippen LogP) is 10.8. The number of benzene rings is 3. The first-order valence-electron chi connectivity index (χ1n) is 36.5. The van der Waals surface area contributed by atoms with E-state index in [-0.39, 0.29) is 71.0 Å². The van der Waals surface area contributed by atoms with Crippen LogP contribution in [-0.4, -0.2) is 134 Å². The second-order valence-corrected chi connectivity index (χ2v) is 31.5. The van der Waals surface area contributed by atoms with Crippen LogP contribution in [0.25, 0.3) is 0 Å². The van der Waals surface area contributed by atoms with Crippen molar-refractivity contribution in [2.45, 2.75) is 231 Å². The van der Waals surface area contributed by atoms with E-state index in [1.807, 2.05) is 57.2 Å². The molecule has 3 amide bonds. The van der Waals surface area contributed by atoms with Gasteiger partial charge < -0.3 is 58.6 Å². The Morgan fingerprint density at radius 1 is 0.392 bits per heavy atom. The molecule has 0 aromatic heterocycles. The fourth-order valence-corrected chi connectivity index (χ4v) is 19.6. The van der Waals surface area contributed by atoms with Gasteiger partial charge in [0.05, 0.1) is 19.8 Å². The lowest BCUT2D eigenvalue weighted by Crippen LogP contribution is -2.70. The Morgan fingerprint density at radius 2 is 0.670 bits per heavy atom. The molecule has 15 aliphatic rings. The molecule has 3 saturated carbocycles. The van der Waals surface area contributed by atoms with Gasteiger partial charge in [-0.3, -0.25) is 19.3 Å². The van der Waals surface area contributed by atoms with E-state index in [1.165, 1.54) is 0 Å². The lowest BCUT2D eigenvalue weighted by atomic mass is 9.58. The van der Waals surface area contributed by atoms with Crippen molar-refractivity contribution in [1.29, 1.82) is 0 Å². The molecule has 530 valence electrons. The maximum atomic E-state index is 13.7. The minimum atomic E-state index is -0.870. The van der Waals surface area contributed by atoms with Crippen LogP contribution in [0, 0.1) is 71.0 Å². The van der Waals surface area contributed by atoms with E-state index in [9.17, 15) is 14.4 Å². The first-order valence-corrected chi connectivity index (χ1v) is 36.5. The van der Waals surface area contributed by atoms with Crippen molar-refractivity contribution < 1.29 is 86.3 Å². The Labute approximate surface area is 570 Å². The standard InChI is InChI=1S/C75H102N4O18/c1-43-10-25-58-46(4)64(86-67-73(58)55(43)28-31-70(7,89-67)92-95-73)83-40-49-13-19-52(20-14-49)61(80)76-34-37-79(38-35-77-62(81)53-21-15-50(16-22-53)41-84-65-47(5)59-26-11-44(2)56-29-32-71(8)90-68(87-65)74(56,59)96-93-71)39-36-78-63(82)54-23-17-51(18-24-54)42-85-66-48(6)60-27-12-45(3)57-30-33-72(9)91-69(88-66)75(57,60)97-94-72/h13-24,43-48,55-60,64-69H,10-12,25-42H2,1-9H3,(H,76,80)(H,77,81)(H,78,82)/t43-,44-,45-,46-,47-,48-,55?,56?,57?,58?,59?,60?,64+,65+,66+,67?,68?,69?,70-,71-,72+,73-,74-,75-/m1/s1. The van der Waals surface area contributed by atoms with Gasteiger partial charge in [0.15, 0.2) is 54.5 Å². The van der Waals surface area contributed by atoms with Crippen molar-refractivity contribution in [3.63, 3.8) is 0 Å². The molecule has 12 saturated heterocycles. The van der Waals surface area contributed by atoms with Crippen LogP contribution in [0.15, 0.2) is 72.8 Å². The fraction of sp³-hybridized carbons (Fsp3) is 0.720. The summed E-state index contributed by atoms with van der Waals surface area (Å²) < 4.78 is 59.1. The van der Waals surface area contributed by atoms with Gasteiger partial charge in [0.1, 0.15) is 0 Å². The smallest absolute Gasteiger partial charge is 0.251 e. The monoisotopic (exact) mass is 1350 g/mol. The Kier molecular flexibility index (Phi) is 19.0. The topological polar surface area (TPSA) is 229 Å². The van der Waals surface area contributed by atoms with Crippen LogP contribution in [-0.2, 0) is 91.8 Å². The van der Waals surface area contributed by atoms with Gasteiger partial charge in [-0.2, -0.15) is 0 Å².